The van der Waals surface area contributed by atoms with Crippen LogP contribution in [0, 0.1) is 17.6 Å². The maximum absolute atomic E-state index is 14.4. The standard InChI is InChI=1S/C15H15F2N3O4/c1-20-12(21)9-5-11(13(22)23)24-6-15(9,19-14(20)18)8-3-2-7(16)4-10(8)17/h2-4,9,11H,5-6H2,1H3,(H2,18,19)(H,22,23)/t9-,11-,15+/m0/s1. The summed E-state index contributed by atoms with van der Waals surface area (Å²) in [5.74, 6) is -4.50. The first kappa shape index (κ1) is 16.3. The topological polar surface area (TPSA) is 105 Å². The summed E-state index contributed by atoms with van der Waals surface area (Å²) in [6, 6.07) is 2.90. The minimum absolute atomic E-state index is 0.0536. The number of amides is 1. The molecule has 1 fully saturated rings. The normalized spacial score (nSPS) is 29.9. The summed E-state index contributed by atoms with van der Waals surface area (Å²) < 4.78 is 32.9. The summed E-state index contributed by atoms with van der Waals surface area (Å²) in [5, 5.41) is 9.14. The van der Waals surface area contributed by atoms with Gasteiger partial charge in [0.15, 0.2) is 12.1 Å². The van der Waals surface area contributed by atoms with Crippen LogP contribution in [0.1, 0.15) is 12.0 Å². The first-order chi connectivity index (χ1) is 11.3. The van der Waals surface area contributed by atoms with Crippen LogP contribution in [0.5, 0.6) is 0 Å². The average molecular weight is 339 g/mol. The molecule has 24 heavy (non-hydrogen) atoms. The highest BCUT2D eigenvalue weighted by molar-refractivity contribution is 6.00. The van der Waals surface area contributed by atoms with E-state index in [0.717, 1.165) is 11.0 Å². The number of hydrogen-bond donors (Lipinski definition) is 2. The highest BCUT2D eigenvalue weighted by Gasteiger charge is 2.55. The lowest BCUT2D eigenvalue weighted by atomic mass is 9.72. The van der Waals surface area contributed by atoms with E-state index < -0.39 is 41.1 Å². The van der Waals surface area contributed by atoms with Crippen molar-refractivity contribution in [2.75, 3.05) is 13.7 Å². The van der Waals surface area contributed by atoms with Crippen molar-refractivity contribution in [1.29, 1.82) is 0 Å². The number of guanidine groups is 1. The van der Waals surface area contributed by atoms with Gasteiger partial charge in [0.25, 0.3) is 0 Å². The molecule has 0 saturated carbocycles. The molecule has 3 rings (SSSR count). The van der Waals surface area contributed by atoms with Crippen LogP contribution in [-0.2, 0) is 19.9 Å². The SMILES string of the molecule is CN1C(=O)[C@@H]2C[C@@H](C(=O)O)OC[C@]2(c2ccc(F)cc2F)N=C1N. The van der Waals surface area contributed by atoms with Gasteiger partial charge in [-0.05, 0) is 12.5 Å². The van der Waals surface area contributed by atoms with Gasteiger partial charge in [0.05, 0.1) is 12.5 Å². The summed E-state index contributed by atoms with van der Waals surface area (Å²) in [7, 11) is 1.40. The van der Waals surface area contributed by atoms with Crippen molar-refractivity contribution in [3.63, 3.8) is 0 Å². The Labute approximate surface area is 135 Å². The van der Waals surface area contributed by atoms with Crippen molar-refractivity contribution in [2.24, 2.45) is 16.6 Å². The van der Waals surface area contributed by atoms with Crippen LogP contribution >= 0.6 is 0 Å². The van der Waals surface area contributed by atoms with Gasteiger partial charge in [-0.25, -0.2) is 18.6 Å². The number of ether oxygens (including phenoxy) is 1. The monoisotopic (exact) mass is 339 g/mol. The highest BCUT2D eigenvalue weighted by Crippen LogP contribution is 2.45. The van der Waals surface area contributed by atoms with Crippen LogP contribution in [0.3, 0.4) is 0 Å². The molecule has 2 aliphatic rings. The molecule has 7 nitrogen and oxygen atoms in total. The summed E-state index contributed by atoms with van der Waals surface area (Å²) in [5.41, 5.74) is 4.19. The van der Waals surface area contributed by atoms with Gasteiger partial charge < -0.3 is 15.6 Å². The van der Waals surface area contributed by atoms with E-state index in [1.165, 1.54) is 13.1 Å². The largest absolute Gasteiger partial charge is 0.479 e. The fraction of sp³-hybridized carbons (Fsp3) is 0.400. The van der Waals surface area contributed by atoms with Gasteiger partial charge in [-0.15, -0.1) is 0 Å². The highest BCUT2D eigenvalue weighted by atomic mass is 19.1. The molecule has 1 amide bonds. The Morgan fingerprint density at radius 2 is 2.21 bits per heavy atom. The molecule has 2 heterocycles. The molecule has 0 aliphatic carbocycles. The molecule has 0 unspecified atom stereocenters. The third-order valence-corrected chi connectivity index (χ3v) is 4.49. The van der Waals surface area contributed by atoms with E-state index in [4.69, 9.17) is 15.6 Å². The first-order valence-corrected chi connectivity index (χ1v) is 7.19. The van der Waals surface area contributed by atoms with Gasteiger partial charge in [0, 0.05) is 18.7 Å². The number of fused-ring (bicyclic) bond motifs is 1. The summed E-state index contributed by atoms with van der Waals surface area (Å²) in [6.07, 6.45) is -1.40. The van der Waals surface area contributed by atoms with Gasteiger partial charge >= 0.3 is 5.97 Å². The van der Waals surface area contributed by atoms with Crippen molar-refractivity contribution >= 4 is 17.8 Å². The van der Waals surface area contributed by atoms with Gasteiger partial charge in [-0.1, -0.05) is 6.07 Å². The lowest BCUT2D eigenvalue weighted by molar-refractivity contribution is -0.164. The van der Waals surface area contributed by atoms with E-state index in [1.807, 2.05) is 0 Å². The van der Waals surface area contributed by atoms with Crippen molar-refractivity contribution < 1.29 is 28.2 Å². The van der Waals surface area contributed by atoms with E-state index in [1.54, 1.807) is 0 Å². The third kappa shape index (κ3) is 2.32. The number of halogens is 2. The molecular weight excluding hydrogens is 324 g/mol. The Balaban J connectivity index is 2.17. The molecule has 0 aromatic heterocycles. The Kier molecular flexibility index (Phi) is 3.75. The van der Waals surface area contributed by atoms with Crippen LogP contribution in [0.4, 0.5) is 8.78 Å². The second-order valence-electron chi connectivity index (χ2n) is 5.84. The zero-order valence-corrected chi connectivity index (χ0v) is 12.7. The second-order valence-corrected chi connectivity index (χ2v) is 5.84. The predicted octanol–water partition coefficient (Wildman–Crippen LogP) is 0.436. The maximum Gasteiger partial charge on any atom is 0.332 e. The molecule has 128 valence electrons. The predicted molar refractivity (Wildman–Crippen MR) is 77.9 cm³/mol. The van der Waals surface area contributed by atoms with Crippen LogP contribution in [0.2, 0.25) is 0 Å². The lowest BCUT2D eigenvalue weighted by Crippen LogP contribution is -2.60. The molecule has 1 aromatic rings. The molecule has 1 aromatic carbocycles. The number of carboxylic acid groups (broad SMARTS) is 1. The zero-order valence-electron chi connectivity index (χ0n) is 12.7. The Morgan fingerprint density at radius 3 is 2.83 bits per heavy atom. The van der Waals surface area contributed by atoms with Crippen LogP contribution < -0.4 is 5.73 Å². The number of aliphatic carboxylic acids is 1. The number of aliphatic imine (C=N–C) groups is 1. The molecule has 9 heteroatoms. The Morgan fingerprint density at radius 1 is 1.50 bits per heavy atom. The maximum atomic E-state index is 14.4. The number of carbonyl (C=O) groups excluding carboxylic acids is 1. The molecule has 3 atom stereocenters. The number of carboxylic acids is 1. The third-order valence-electron chi connectivity index (χ3n) is 4.49. The van der Waals surface area contributed by atoms with E-state index in [9.17, 15) is 18.4 Å². The summed E-state index contributed by atoms with van der Waals surface area (Å²) >= 11 is 0. The van der Waals surface area contributed by atoms with Crippen LogP contribution in [0.15, 0.2) is 23.2 Å². The van der Waals surface area contributed by atoms with Crippen molar-refractivity contribution in [3.8, 4) is 0 Å². The number of benzene rings is 1. The average Bonchev–Trinajstić information content (AvgIpc) is 2.52. The van der Waals surface area contributed by atoms with E-state index in [-0.39, 0.29) is 24.6 Å². The lowest BCUT2D eigenvalue weighted by Gasteiger charge is -2.46. The summed E-state index contributed by atoms with van der Waals surface area (Å²) in [4.78, 5) is 29.1. The van der Waals surface area contributed by atoms with E-state index in [2.05, 4.69) is 4.99 Å². The minimum Gasteiger partial charge on any atom is -0.479 e. The molecule has 2 aliphatic heterocycles. The van der Waals surface area contributed by atoms with Gasteiger partial charge in [0.2, 0.25) is 5.91 Å². The fourth-order valence-electron chi connectivity index (χ4n) is 3.19. The Bertz CT molecular complexity index is 754. The number of nitrogens with zero attached hydrogens (tertiary/aromatic N) is 2. The smallest absolute Gasteiger partial charge is 0.332 e. The van der Waals surface area contributed by atoms with E-state index in [0.29, 0.717) is 6.07 Å². The molecule has 0 bridgehead atoms. The van der Waals surface area contributed by atoms with Crippen molar-refractivity contribution in [2.45, 2.75) is 18.1 Å². The minimum atomic E-state index is -1.52. The van der Waals surface area contributed by atoms with Gasteiger partial charge in [0.1, 0.15) is 17.2 Å². The fourth-order valence-corrected chi connectivity index (χ4v) is 3.19. The van der Waals surface area contributed by atoms with Crippen molar-refractivity contribution in [1.82, 2.24) is 4.90 Å². The first-order valence-electron chi connectivity index (χ1n) is 7.19. The summed E-state index contributed by atoms with van der Waals surface area (Å²) in [6.45, 7) is -0.350. The van der Waals surface area contributed by atoms with Crippen LogP contribution in [-0.4, -0.2) is 47.6 Å². The van der Waals surface area contributed by atoms with Gasteiger partial charge in [-0.2, -0.15) is 0 Å². The zero-order chi connectivity index (χ0) is 17.6. The molecular formula is C15H15F2N3O4. The molecule has 0 radical (unpaired) electrons. The van der Waals surface area contributed by atoms with E-state index >= 15 is 0 Å². The van der Waals surface area contributed by atoms with Crippen LogP contribution in [0.25, 0.3) is 0 Å². The molecule has 0 spiro atoms. The number of carbonyl (C=O) groups is 2. The molecule has 1 saturated heterocycles. The number of nitrogens with two attached hydrogens (primary N) is 1. The number of rotatable bonds is 2. The Hall–Kier alpha value is -2.55. The quantitative estimate of drug-likeness (QED) is 0.813. The molecule has 3 N–H and O–H groups in total. The number of hydrogen-bond acceptors (Lipinski definition) is 5. The second kappa shape index (κ2) is 5.52. The van der Waals surface area contributed by atoms with Gasteiger partial charge in [-0.3, -0.25) is 9.69 Å². The van der Waals surface area contributed by atoms with Crippen molar-refractivity contribution in [3.05, 3.63) is 35.4 Å².